The summed E-state index contributed by atoms with van der Waals surface area (Å²) in [5.74, 6) is -2.61. The molecule has 38 heavy (non-hydrogen) atoms. The van der Waals surface area contributed by atoms with Crippen LogP contribution in [0.5, 0.6) is 0 Å². The topological polar surface area (TPSA) is 191 Å². The van der Waals surface area contributed by atoms with Crippen molar-refractivity contribution in [2.24, 2.45) is 16.0 Å². The number of carbonyl (C=O) groups is 2. The minimum Gasteiger partial charge on any atom is -0.506 e. The van der Waals surface area contributed by atoms with Gasteiger partial charge < -0.3 is 16.2 Å². The summed E-state index contributed by atoms with van der Waals surface area (Å²) in [6.07, 6.45) is 1.25. The summed E-state index contributed by atoms with van der Waals surface area (Å²) < 4.78 is 52.2. The van der Waals surface area contributed by atoms with Gasteiger partial charge in [-0.15, -0.1) is 4.40 Å². The number of carbonyl (C=O) groups excluding carboxylic acids is 2. The van der Waals surface area contributed by atoms with Gasteiger partial charge in [0.1, 0.15) is 22.0 Å². The van der Waals surface area contributed by atoms with Crippen LogP contribution in [-0.2, 0) is 25.0 Å². The van der Waals surface area contributed by atoms with Gasteiger partial charge in [-0.25, -0.2) is 8.42 Å². The maximum Gasteiger partial charge on any atom is 0.241 e. The molecule has 1 amide bonds. The molecule has 2 aromatic rings. The number of nitrogens with zero attached hydrogens (tertiary/aromatic N) is 1. The van der Waals surface area contributed by atoms with Crippen LogP contribution in [0, 0.1) is 5.92 Å². The van der Waals surface area contributed by atoms with Gasteiger partial charge >= 0.3 is 0 Å². The molecule has 0 fully saturated rings. The van der Waals surface area contributed by atoms with Crippen molar-refractivity contribution in [3.8, 4) is 0 Å². The molecule has 11 nitrogen and oxygen atoms in total. The maximum absolute atomic E-state index is 13.9. The van der Waals surface area contributed by atoms with Crippen molar-refractivity contribution < 1.29 is 32.2 Å². The zero-order valence-corrected chi connectivity index (χ0v) is 22.7. The van der Waals surface area contributed by atoms with Crippen molar-refractivity contribution in [1.82, 2.24) is 0 Å². The molecule has 0 saturated heterocycles. The Labute approximate surface area is 222 Å². The number of nitrogens with two attached hydrogens (primary N) is 1. The number of amides is 1. The fourth-order valence-corrected chi connectivity index (χ4v) is 6.73. The summed E-state index contributed by atoms with van der Waals surface area (Å²) in [6.45, 7) is 5.92. The molecule has 7 N–H and O–H groups in total. The summed E-state index contributed by atoms with van der Waals surface area (Å²) in [5.41, 5.74) is 5.07. The fourth-order valence-electron chi connectivity index (χ4n) is 4.61. The van der Waals surface area contributed by atoms with Gasteiger partial charge in [-0.1, -0.05) is 48.9 Å². The first-order chi connectivity index (χ1) is 17.6. The van der Waals surface area contributed by atoms with Crippen molar-refractivity contribution in [2.45, 2.75) is 43.9 Å². The van der Waals surface area contributed by atoms with Crippen LogP contribution in [0.1, 0.15) is 44.7 Å². The van der Waals surface area contributed by atoms with Crippen molar-refractivity contribution >= 4 is 55.5 Å². The minimum absolute atomic E-state index is 0.0450. The molecule has 2 aliphatic rings. The lowest BCUT2D eigenvalue weighted by atomic mass is 9.66. The first-order valence-electron chi connectivity index (χ1n) is 11.8. The third kappa shape index (κ3) is 5.14. The van der Waals surface area contributed by atoms with Crippen LogP contribution in [0.2, 0.25) is 0 Å². The zero-order chi connectivity index (χ0) is 28.0. The van der Waals surface area contributed by atoms with Crippen LogP contribution in [0.4, 0.5) is 11.4 Å². The number of benzene rings is 2. The van der Waals surface area contributed by atoms with E-state index in [9.17, 15) is 32.2 Å². The first kappa shape index (κ1) is 27.6. The van der Waals surface area contributed by atoms with E-state index >= 15 is 0 Å². The summed E-state index contributed by atoms with van der Waals surface area (Å²) in [7, 11) is -8.04. The van der Waals surface area contributed by atoms with Gasteiger partial charge in [0.2, 0.25) is 15.9 Å². The standard InChI is InChI=1S/C25H30N4O7S2/c1-14(2)10-11-25(3)17-7-5-4-6-16(17)22(31)21(23(25)32)24-27-18-9-8-15(12-19(18)38(35,36)29-24)28-37(33,34)13-20(26)30/h4-9,12,14,28,31,35-36H,10-11,13H2,1-3H3,(H2,26,30)(H,27,29). The van der Waals surface area contributed by atoms with E-state index < -0.39 is 43.7 Å². The smallest absolute Gasteiger partial charge is 0.241 e. The highest BCUT2D eigenvalue weighted by atomic mass is 32.3. The monoisotopic (exact) mass is 562 g/mol. The van der Waals surface area contributed by atoms with Crippen LogP contribution < -0.4 is 15.8 Å². The van der Waals surface area contributed by atoms with E-state index in [1.54, 1.807) is 24.3 Å². The van der Waals surface area contributed by atoms with Gasteiger partial charge in [0.05, 0.1) is 16.8 Å². The van der Waals surface area contributed by atoms with Gasteiger partial charge in [-0.2, -0.15) is 0 Å². The number of aliphatic hydroxyl groups excluding tert-OH is 1. The number of nitrogens with one attached hydrogen (secondary N) is 2. The van der Waals surface area contributed by atoms with Crippen molar-refractivity contribution in [1.29, 1.82) is 0 Å². The first-order valence-corrected chi connectivity index (χ1v) is 15.0. The average Bonchev–Trinajstić information content (AvgIpc) is 2.81. The molecule has 1 unspecified atom stereocenters. The molecule has 0 saturated carbocycles. The zero-order valence-electron chi connectivity index (χ0n) is 21.1. The third-order valence-electron chi connectivity index (χ3n) is 6.55. The second-order valence-corrected chi connectivity index (χ2v) is 13.4. The summed E-state index contributed by atoms with van der Waals surface area (Å²) in [5, 5.41) is 14.1. The van der Waals surface area contributed by atoms with Gasteiger partial charge in [0.25, 0.3) is 0 Å². The number of anilines is 2. The Morgan fingerprint density at radius 2 is 1.89 bits per heavy atom. The van der Waals surface area contributed by atoms with Crippen molar-refractivity contribution in [2.75, 3.05) is 15.8 Å². The van der Waals surface area contributed by atoms with E-state index in [2.05, 4.69) is 28.3 Å². The molecule has 1 atom stereocenters. The quantitative estimate of drug-likeness (QED) is 0.278. The van der Waals surface area contributed by atoms with E-state index in [0.717, 1.165) is 12.5 Å². The molecular weight excluding hydrogens is 532 g/mol. The van der Waals surface area contributed by atoms with Gasteiger partial charge in [-0.3, -0.25) is 23.4 Å². The van der Waals surface area contributed by atoms with Crippen molar-refractivity contribution in [3.05, 3.63) is 59.2 Å². The molecule has 1 aliphatic carbocycles. The number of primary amides is 1. The largest absolute Gasteiger partial charge is 0.506 e. The van der Waals surface area contributed by atoms with Crippen LogP contribution >= 0.6 is 10.8 Å². The van der Waals surface area contributed by atoms with E-state index in [-0.39, 0.29) is 33.4 Å². The Hall–Kier alpha value is -3.39. The lowest BCUT2D eigenvalue weighted by Crippen LogP contribution is -2.42. The molecule has 1 heterocycles. The molecular formula is C25H30N4O7S2. The highest BCUT2D eigenvalue weighted by Gasteiger charge is 2.46. The lowest BCUT2D eigenvalue weighted by Gasteiger charge is -2.39. The Morgan fingerprint density at radius 1 is 1.21 bits per heavy atom. The number of aliphatic hydroxyl groups is 1. The molecule has 1 aliphatic heterocycles. The number of Topliss-reactive ketones (excluding diaryl/α,β-unsaturated/α-hetero) is 1. The van der Waals surface area contributed by atoms with Gasteiger partial charge in [0.15, 0.2) is 11.6 Å². The van der Waals surface area contributed by atoms with Gasteiger partial charge in [0, 0.05) is 5.56 Å². The highest BCUT2D eigenvalue weighted by Crippen LogP contribution is 2.57. The SMILES string of the molecule is CC(C)CCC1(C)C(=O)C(C2=NS(O)(O)c3cc(NS(=O)(=O)CC(N)=O)ccc3N2)=C(O)c2ccccc21. The van der Waals surface area contributed by atoms with Crippen LogP contribution in [-0.4, -0.2) is 45.9 Å². The molecule has 13 heteroatoms. The van der Waals surface area contributed by atoms with Gasteiger partial charge in [-0.05, 0) is 49.4 Å². The molecule has 0 bridgehead atoms. The normalized spacial score (nSPS) is 21.2. The summed E-state index contributed by atoms with van der Waals surface area (Å²) >= 11 is 0. The summed E-state index contributed by atoms with van der Waals surface area (Å²) in [6, 6.07) is 10.9. The Kier molecular flexibility index (Phi) is 7.08. The molecule has 2 aromatic carbocycles. The van der Waals surface area contributed by atoms with E-state index in [4.69, 9.17) is 5.73 Å². The van der Waals surface area contributed by atoms with Crippen LogP contribution in [0.3, 0.4) is 0 Å². The molecule has 204 valence electrons. The third-order valence-corrected chi connectivity index (χ3v) is 9.13. The van der Waals surface area contributed by atoms with E-state index in [1.165, 1.54) is 12.1 Å². The minimum atomic E-state index is -4.11. The molecule has 0 radical (unpaired) electrons. The predicted molar refractivity (Wildman–Crippen MR) is 148 cm³/mol. The maximum atomic E-state index is 13.9. The number of hydrogen-bond donors (Lipinski definition) is 6. The highest BCUT2D eigenvalue weighted by molar-refractivity contribution is 8.23. The molecule has 0 spiro atoms. The number of hydrogen-bond acceptors (Lipinski definition) is 9. The Morgan fingerprint density at radius 3 is 2.55 bits per heavy atom. The second-order valence-electron chi connectivity index (χ2n) is 9.99. The predicted octanol–water partition coefficient (Wildman–Crippen LogP) is 4.01. The average molecular weight is 563 g/mol. The van der Waals surface area contributed by atoms with Crippen LogP contribution in [0.15, 0.2) is 57.3 Å². The number of ketones is 1. The Bertz CT molecular complexity index is 1500. The van der Waals surface area contributed by atoms with Crippen LogP contribution in [0.25, 0.3) is 5.76 Å². The molecule has 4 rings (SSSR count). The van der Waals surface area contributed by atoms with Crippen molar-refractivity contribution in [3.63, 3.8) is 0 Å². The fraction of sp³-hybridized carbons (Fsp3) is 0.320. The number of rotatable bonds is 8. The van der Waals surface area contributed by atoms with E-state index in [1.807, 2.05) is 6.92 Å². The summed E-state index contributed by atoms with van der Waals surface area (Å²) in [4.78, 5) is 24.8. The Balaban J connectivity index is 1.77. The molecule has 0 aromatic heterocycles. The number of sulfonamides is 1. The number of amidine groups is 1. The second kappa shape index (κ2) is 9.73. The number of fused-ring (bicyclic) bond motifs is 2. The van der Waals surface area contributed by atoms with E-state index in [0.29, 0.717) is 23.5 Å². The lowest BCUT2D eigenvalue weighted by molar-refractivity contribution is -0.120.